The molecule has 3 rings (SSSR count). The van der Waals surface area contributed by atoms with E-state index < -0.39 is 0 Å². The molecule has 0 aliphatic carbocycles. The van der Waals surface area contributed by atoms with Crippen LogP contribution in [0.5, 0.6) is 0 Å². The summed E-state index contributed by atoms with van der Waals surface area (Å²) in [6.45, 7) is 0. The molecule has 0 bridgehead atoms. The molecule has 0 saturated heterocycles. The lowest BCUT2D eigenvalue weighted by molar-refractivity contribution is 1.29. The van der Waals surface area contributed by atoms with E-state index in [0.29, 0.717) is 0 Å². The van der Waals surface area contributed by atoms with Gasteiger partial charge < -0.3 is 0 Å². The van der Waals surface area contributed by atoms with Gasteiger partial charge in [0.2, 0.25) is 0 Å². The first-order valence-electron chi connectivity index (χ1n) is 5.04. The zero-order valence-electron chi connectivity index (χ0n) is 8.54. The van der Waals surface area contributed by atoms with Crippen LogP contribution in [0.2, 0.25) is 0 Å². The van der Waals surface area contributed by atoms with Crippen molar-refractivity contribution < 1.29 is 0 Å². The van der Waals surface area contributed by atoms with Crippen LogP contribution >= 0.6 is 0 Å². The van der Waals surface area contributed by atoms with Gasteiger partial charge in [0.05, 0.1) is 5.69 Å². The van der Waals surface area contributed by atoms with Crippen molar-refractivity contribution in [2.75, 3.05) is 0 Å². The Hall–Kier alpha value is -2.29. The fourth-order valence-electron chi connectivity index (χ4n) is 1.76. The summed E-state index contributed by atoms with van der Waals surface area (Å²) in [7, 11) is 0. The molecule has 3 heteroatoms. The first-order valence-corrected chi connectivity index (χ1v) is 5.04. The van der Waals surface area contributed by atoms with E-state index in [1.54, 1.807) is 24.8 Å². The van der Waals surface area contributed by atoms with Gasteiger partial charge in [0.25, 0.3) is 0 Å². The lowest BCUT2D eigenvalue weighted by Crippen LogP contribution is -1.86. The van der Waals surface area contributed by atoms with Gasteiger partial charge >= 0.3 is 0 Å². The number of hydrogen-bond donors (Lipinski definition) is 0. The Morgan fingerprint density at radius 1 is 0.750 bits per heavy atom. The molecule has 0 fully saturated rings. The molecule has 0 radical (unpaired) electrons. The van der Waals surface area contributed by atoms with Gasteiger partial charge in [0.15, 0.2) is 0 Å². The van der Waals surface area contributed by atoms with Crippen LogP contribution in [0.15, 0.2) is 55.2 Å². The Kier molecular flexibility index (Phi) is 2.07. The first-order chi connectivity index (χ1) is 7.95. The summed E-state index contributed by atoms with van der Waals surface area (Å²) in [6, 6.07) is 7.87. The average molecular weight is 207 g/mol. The molecule has 3 nitrogen and oxygen atoms in total. The summed E-state index contributed by atoms with van der Waals surface area (Å²) in [5.74, 6) is 0. The Bertz CT molecular complexity index is 615. The number of pyridine rings is 3. The monoisotopic (exact) mass is 207 g/mol. The van der Waals surface area contributed by atoms with E-state index in [1.165, 1.54) is 0 Å². The topological polar surface area (TPSA) is 38.7 Å². The molecule has 3 aromatic rings. The van der Waals surface area contributed by atoms with Crippen molar-refractivity contribution in [3.8, 4) is 11.3 Å². The minimum atomic E-state index is 0.974. The Morgan fingerprint density at radius 3 is 2.44 bits per heavy atom. The standard InChI is InChI=1S/C13H9N3/c1-5-14-6-2-10(1)13-12-4-7-15-9-11(12)3-8-16-13/h1-9H. The van der Waals surface area contributed by atoms with Gasteiger partial charge in [-0.15, -0.1) is 0 Å². The molecule has 0 aliphatic rings. The second kappa shape index (κ2) is 3.70. The molecular weight excluding hydrogens is 198 g/mol. The van der Waals surface area contributed by atoms with E-state index in [0.717, 1.165) is 22.0 Å². The quantitative estimate of drug-likeness (QED) is 0.615. The van der Waals surface area contributed by atoms with Crippen LogP contribution < -0.4 is 0 Å². The van der Waals surface area contributed by atoms with E-state index in [2.05, 4.69) is 15.0 Å². The van der Waals surface area contributed by atoms with Crippen molar-refractivity contribution in [1.29, 1.82) is 0 Å². The summed E-state index contributed by atoms with van der Waals surface area (Å²) >= 11 is 0. The number of aromatic nitrogens is 3. The van der Waals surface area contributed by atoms with E-state index >= 15 is 0 Å². The Labute approximate surface area is 92.8 Å². The zero-order valence-corrected chi connectivity index (χ0v) is 8.54. The molecule has 0 atom stereocenters. The lowest BCUT2D eigenvalue weighted by Gasteiger charge is -2.04. The Morgan fingerprint density at radius 2 is 1.56 bits per heavy atom. The van der Waals surface area contributed by atoms with E-state index in [1.807, 2.05) is 30.5 Å². The predicted molar refractivity (Wildman–Crippen MR) is 62.8 cm³/mol. The van der Waals surface area contributed by atoms with Crippen molar-refractivity contribution in [2.24, 2.45) is 0 Å². The van der Waals surface area contributed by atoms with E-state index in [4.69, 9.17) is 0 Å². The maximum atomic E-state index is 4.42. The molecule has 3 heterocycles. The average Bonchev–Trinajstić information content (AvgIpc) is 2.39. The summed E-state index contributed by atoms with van der Waals surface area (Å²) in [5, 5.41) is 2.22. The van der Waals surface area contributed by atoms with Crippen molar-refractivity contribution in [1.82, 2.24) is 15.0 Å². The van der Waals surface area contributed by atoms with Crippen LogP contribution in [0, 0.1) is 0 Å². The van der Waals surface area contributed by atoms with Crippen LogP contribution in [-0.4, -0.2) is 15.0 Å². The fourth-order valence-corrected chi connectivity index (χ4v) is 1.76. The van der Waals surface area contributed by atoms with Gasteiger partial charge in [-0.2, -0.15) is 0 Å². The first kappa shape index (κ1) is 8.97. The van der Waals surface area contributed by atoms with Crippen LogP contribution in [-0.2, 0) is 0 Å². The molecule has 0 unspecified atom stereocenters. The second-order valence-corrected chi connectivity index (χ2v) is 3.49. The third kappa shape index (κ3) is 1.42. The second-order valence-electron chi connectivity index (χ2n) is 3.49. The minimum absolute atomic E-state index is 0.974. The minimum Gasteiger partial charge on any atom is -0.265 e. The van der Waals surface area contributed by atoms with Crippen molar-refractivity contribution in [3.63, 3.8) is 0 Å². The molecule has 0 amide bonds. The molecule has 0 aromatic carbocycles. The highest BCUT2D eigenvalue weighted by Gasteiger charge is 2.03. The van der Waals surface area contributed by atoms with Crippen molar-refractivity contribution >= 4 is 10.8 Å². The van der Waals surface area contributed by atoms with Gasteiger partial charge in [0, 0.05) is 47.3 Å². The fraction of sp³-hybridized carbons (Fsp3) is 0. The van der Waals surface area contributed by atoms with Crippen LogP contribution in [0.25, 0.3) is 22.0 Å². The van der Waals surface area contributed by atoms with Gasteiger partial charge in [-0.25, -0.2) is 0 Å². The van der Waals surface area contributed by atoms with E-state index in [9.17, 15) is 0 Å². The molecule has 16 heavy (non-hydrogen) atoms. The molecule has 3 aromatic heterocycles. The number of hydrogen-bond acceptors (Lipinski definition) is 3. The van der Waals surface area contributed by atoms with Crippen LogP contribution in [0.1, 0.15) is 0 Å². The smallest absolute Gasteiger partial charge is 0.0782 e. The largest absolute Gasteiger partial charge is 0.265 e. The summed E-state index contributed by atoms with van der Waals surface area (Å²) < 4.78 is 0. The summed E-state index contributed by atoms with van der Waals surface area (Å²) in [4.78, 5) is 12.5. The van der Waals surface area contributed by atoms with Gasteiger partial charge in [0.1, 0.15) is 0 Å². The lowest BCUT2D eigenvalue weighted by atomic mass is 10.1. The Balaban J connectivity index is 2.32. The van der Waals surface area contributed by atoms with Crippen LogP contribution in [0.4, 0.5) is 0 Å². The number of nitrogens with zero attached hydrogens (tertiary/aromatic N) is 3. The molecular formula is C13H9N3. The maximum Gasteiger partial charge on any atom is 0.0782 e. The number of fused-ring (bicyclic) bond motifs is 1. The highest BCUT2D eigenvalue weighted by atomic mass is 14.7. The van der Waals surface area contributed by atoms with E-state index in [-0.39, 0.29) is 0 Å². The zero-order chi connectivity index (χ0) is 10.8. The molecule has 0 N–H and O–H groups in total. The third-order valence-corrected chi connectivity index (χ3v) is 2.52. The highest BCUT2D eigenvalue weighted by Crippen LogP contribution is 2.24. The number of rotatable bonds is 1. The summed E-state index contributed by atoms with van der Waals surface area (Å²) in [6.07, 6.45) is 8.99. The van der Waals surface area contributed by atoms with Gasteiger partial charge in [-0.3, -0.25) is 15.0 Å². The highest BCUT2D eigenvalue weighted by molar-refractivity contribution is 5.93. The molecule has 0 aliphatic heterocycles. The molecule has 0 spiro atoms. The van der Waals surface area contributed by atoms with Gasteiger partial charge in [-0.1, -0.05) is 0 Å². The van der Waals surface area contributed by atoms with Crippen molar-refractivity contribution in [3.05, 3.63) is 55.2 Å². The van der Waals surface area contributed by atoms with Crippen LogP contribution in [0.3, 0.4) is 0 Å². The predicted octanol–water partition coefficient (Wildman–Crippen LogP) is 2.69. The maximum absolute atomic E-state index is 4.42. The normalized spacial score (nSPS) is 10.5. The molecule has 76 valence electrons. The SMILES string of the molecule is c1cc(-c2nccc3cnccc23)ccn1. The van der Waals surface area contributed by atoms with Gasteiger partial charge in [-0.05, 0) is 24.3 Å². The summed E-state index contributed by atoms with van der Waals surface area (Å²) in [5.41, 5.74) is 2.05. The van der Waals surface area contributed by atoms with Crippen molar-refractivity contribution in [2.45, 2.75) is 0 Å². The molecule has 0 saturated carbocycles. The third-order valence-electron chi connectivity index (χ3n) is 2.52.